The molecule has 0 aliphatic rings. The fraction of sp³-hybridized carbons (Fsp3) is 0.400. The molecule has 1 atom stereocenters. The predicted molar refractivity (Wildman–Crippen MR) is 80.0 cm³/mol. The van der Waals surface area contributed by atoms with Crippen LogP contribution in [0, 0.1) is 6.92 Å². The van der Waals surface area contributed by atoms with E-state index in [0.29, 0.717) is 11.9 Å². The molecule has 0 saturated heterocycles. The molecule has 102 valence electrons. The van der Waals surface area contributed by atoms with Crippen molar-refractivity contribution in [1.82, 2.24) is 10.3 Å². The number of hydrogen-bond acceptors (Lipinski definition) is 4. The van der Waals surface area contributed by atoms with E-state index in [9.17, 15) is 0 Å². The maximum absolute atomic E-state index is 5.09. The predicted octanol–water partition coefficient (Wildman–Crippen LogP) is 3.35. The number of ether oxygens (including phenoxy) is 1. The topological polar surface area (TPSA) is 34.1 Å². The number of nitrogens with zero attached hydrogens (tertiary/aromatic N) is 1. The van der Waals surface area contributed by atoms with E-state index in [1.165, 1.54) is 16.0 Å². The van der Waals surface area contributed by atoms with Gasteiger partial charge in [-0.1, -0.05) is 13.0 Å². The first-order valence-electron chi connectivity index (χ1n) is 6.51. The van der Waals surface area contributed by atoms with Crippen LogP contribution in [0.15, 0.2) is 29.8 Å². The number of methoxy groups -OCH3 is 1. The average molecular weight is 276 g/mol. The molecule has 0 saturated carbocycles. The Bertz CT molecular complexity index is 507. The summed E-state index contributed by atoms with van der Waals surface area (Å²) in [7, 11) is 1.64. The standard InChI is InChI=1S/C15H20N2OS/c1-4-16-14(13-7-8-19-11(13)2)9-12-5-6-15(18-3)17-10-12/h5-8,10,14,16H,4,9H2,1-3H3. The van der Waals surface area contributed by atoms with Crippen molar-refractivity contribution in [2.24, 2.45) is 0 Å². The molecule has 0 fully saturated rings. The lowest BCUT2D eigenvalue weighted by Gasteiger charge is -2.18. The van der Waals surface area contributed by atoms with Crippen molar-refractivity contribution >= 4 is 11.3 Å². The van der Waals surface area contributed by atoms with E-state index in [1.807, 2.05) is 12.3 Å². The third-order valence-electron chi connectivity index (χ3n) is 3.17. The molecule has 19 heavy (non-hydrogen) atoms. The van der Waals surface area contributed by atoms with Crippen LogP contribution in [-0.4, -0.2) is 18.6 Å². The summed E-state index contributed by atoms with van der Waals surface area (Å²) in [6.07, 6.45) is 2.84. The van der Waals surface area contributed by atoms with Gasteiger partial charge in [-0.25, -0.2) is 4.98 Å². The van der Waals surface area contributed by atoms with Crippen molar-refractivity contribution in [1.29, 1.82) is 0 Å². The zero-order valence-electron chi connectivity index (χ0n) is 11.6. The highest BCUT2D eigenvalue weighted by Crippen LogP contribution is 2.25. The molecule has 0 aliphatic carbocycles. The number of rotatable bonds is 6. The van der Waals surface area contributed by atoms with E-state index in [1.54, 1.807) is 18.4 Å². The Hall–Kier alpha value is -1.39. The SMILES string of the molecule is CCNC(Cc1ccc(OC)nc1)c1ccsc1C. The summed E-state index contributed by atoms with van der Waals surface area (Å²) in [5.41, 5.74) is 2.61. The van der Waals surface area contributed by atoms with Crippen LogP contribution in [0.4, 0.5) is 0 Å². The van der Waals surface area contributed by atoms with Crippen molar-refractivity contribution in [2.45, 2.75) is 26.3 Å². The van der Waals surface area contributed by atoms with Crippen molar-refractivity contribution in [3.63, 3.8) is 0 Å². The van der Waals surface area contributed by atoms with Gasteiger partial charge in [0, 0.05) is 23.2 Å². The Balaban J connectivity index is 2.14. The Morgan fingerprint density at radius 1 is 1.37 bits per heavy atom. The normalized spacial score (nSPS) is 12.4. The number of pyridine rings is 1. The highest BCUT2D eigenvalue weighted by atomic mass is 32.1. The maximum Gasteiger partial charge on any atom is 0.212 e. The van der Waals surface area contributed by atoms with E-state index < -0.39 is 0 Å². The fourth-order valence-corrected chi connectivity index (χ4v) is 2.95. The highest BCUT2D eigenvalue weighted by molar-refractivity contribution is 7.10. The molecule has 3 nitrogen and oxygen atoms in total. The first-order valence-corrected chi connectivity index (χ1v) is 7.38. The molecule has 0 aliphatic heterocycles. The first kappa shape index (κ1) is 14.0. The van der Waals surface area contributed by atoms with Crippen molar-refractivity contribution in [3.8, 4) is 5.88 Å². The van der Waals surface area contributed by atoms with Gasteiger partial charge in [0.1, 0.15) is 0 Å². The quantitative estimate of drug-likeness (QED) is 0.878. The van der Waals surface area contributed by atoms with Gasteiger partial charge in [0.05, 0.1) is 7.11 Å². The molecule has 2 aromatic heterocycles. The second kappa shape index (κ2) is 6.68. The molecule has 2 aromatic rings. The van der Waals surface area contributed by atoms with E-state index in [-0.39, 0.29) is 0 Å². The smallest absolute Gasteiger partial charge is 0.212 e. The van der Waals surface area contributed by atoms with Crippen molar-refractivity contribution in [2.75, 3.05) is 13.7 Å². The van der Waals surface area contributed by atoms with Gasteiger partial charge in [0.25, 0.3) is 0 Å². The number of likely N-dealkylation sites (N-methyl/N-ethyl adjacent to an activating group) is 1. The van der Waals surface area contributed by atoms with E-state index >= 15 is 0 Å². The van der Waals surface area contributed by atoms with Gasteiger partial charge < -0.3 is 10.1 Å². The van der Waals surface area contributed by atoms with E-state index in [2.05, 4.69) is 41.7 Å². The fourth-order valence-electron chi connectivity index (χ4n) is 2.18. The Kier molecular flexibility index (Phi) is 4.93. The van der Waals surface area contributed by atoms with Crippen LogP contribution in [0.25, 0.3) is 0 Å². The van der Waals surface area contributed by atoms with Crippen molar-refractivity contribution < 1.29 is 4.74 Å². The number of thiophene rings is 1. The van der Waals surface area contributed by atoms with E-state index in [0.717, 1.165) is 13.0 Å². The molecule has 0 aromatic carbocycles. The molecule has 1 N–H and O–H groups in total. The molecular formula is C15H20N2OS. The van der Waals surface area contributed by atoms with Crippen LogP contribution in [0.2, 0.25) is 0 Å². The minimum atomic E-state index is 0.353. The van der Waals surface area contributed by atoms with Crippen LogP contribution in [-0.2, 0) is 6.42 Å². The average Bonchev–Trinajstić information content (AvgIpc) is 2.85. The summed E-state index contributed by atoms with van der Waals surface area (Å²) < 4.78 is 5.09. The summed E-state index contributed by atoms with van der Waals surface area (Å²) >= 11 is 1.80. The lowest BCUT2D eigenvalue weighted by atomic mass is 10.0. The molecule has 0 bridgehead atoms. The third-order valence-corrected chi connectivity index (χ3v) is 4.03. The number of aromatic nitrogens is 1. The monoisotopic (exact) mass is 276 g/mol. The maximum atomic E-state index is 5.09. The zero-order valence-corrected chi connectivity index (χ0v) is 12.5. The van der Waals surface area contributed by atoms with Crippen LogP contribution in [0.1, 0.15) is 29.0 Å². The Morgan fingerprint density at radius 3 is 2.74 bits per heavy atom. The number of aryl methyl sites for hydroxylation is 1. The summed E-state index contributed by atoms with van der Waals surface area (Å²) in [6, 6.07) is 6.56. The first-order chi connectivity index (χ1) is 9.24. The molecule has 4 heteroatoms. The van der Waals surface area contributed by atoms with Gasteiger partial charge >= 0.3 is 0 Å². The van der Waals surface area contributed by atoms with Gasteiger partial charge in [-0.2, -0.15) is 0 Å². The summed E-state index contributed by atoms with van der Waals surface area (Å²) in [5.74, 6) is 0.662. The summed E-state index contributed by atoms with van der Waals surface area (Å²) in [5, 5.41) is 5.70. The van der Waals surface area contributed by atoms with Crippen LogP contribution < -0.4 is 10.1 Å². The molecule has 0 spiro atoms. The molecule has 0 radical (unpaired) electrons. The lowest BCUT2D eigenvalue weighted by molar-refractivity contribution is 0.397. The molecule has 2 heterocycles. The Labute approximate surface area is 118 Å². The molecule has 0 amide bonds. The van der Waals surface area contributed by atoms with Gasteiger partial charge in [-0.3, -0.25) is 0 Å². The van der Waals surface area contributed by atoms with Gasteiger partial charge in [0.15, 0.2) is 0 Å². The van der Waals surface area contributed by atoms with Crippen molar-refractivity contribution in [3.05, 3.63) is 45.8 Å². The van der Waals surface area contributed by atoms with Crippen LogP contribution in [0.3, 0.4) is 0 Å². The number of hydrogen-bond donors (Lipinski definition) is 1. The zero-order chi connectivity index (χ0) is 13.7. The highest BCUT2D eigenvalue weighted by Gasteiger charge is 2.14. The lowest BCUT2D eigenvalue weighted by Crippen LogP contribution is -2.23. The number of nitrogens with one attached hydrogen (secondary N) is 1. The van der Waals surface area contributed by atoms with Gasteiger partial charge in [0.2, 0.25) is 5.88 Å². The summed E-state index contributed by atoms with van der Waals surface area (Å²) in [4.78, 5) is 5.65. The summed E-state index contributed by atoms with van der Waals surface area (Å²) in [6.45, 7) is 5.28. The van der Waals surface area contributed by atoms with Gasteiger partial charge in [-0.15, -0.1) is 11.3 Å². The minimum Gasteiger partial charge on any atom is -0.481 e. The minimum absolute atomic E-state index is 0.353. The molecular weight excluding hydrogens is 256 g/mol. The largest absolute Gasteiger partial charge is 0.481 e. The third kappa shape index (κ3) is 3.55. The van der Waals surface area contributed by atoms with Gasteiger partial charge in [-0.05, 0) is 42.5 Å². The Morgan fingerprint density at radius 2 is 2.21 bits per heavy atom. The van der Waals surface area contributed by atoms with E-state index in [4.69, 9.17) is 4.74 Å². The van der Waals surface area contributed by atoms with Crippen LogP contribution in [0.5, 0.6) is 5.88 Å². The second-order valence-electron chi connectivity index (χ2n) is 4.46. The molecule has 2 rings (SSSR count). The van der Waals surface area contributed by atoms with Crippen LogP contribution >= 0.6 is 11.3 Å². The second-order valence-corrected chi connectivity index (χ2v) is 5.58. The molecule has 1 unspecified atom stereocenters.